The molecule has 0 radical (unpaired) electrons. The third-order valence-electron chi connectivity index (χ3n) is 4.70. The highest BCUT2D eigenvalue weighted by Gasteiger charge is 2.30. The molecule has 10 heteroatoms. The molecule has 0 unspecified atom stereocenters. The van der Waals surface area contributed by atoms with Crippen LogP contribution in [0.15, 0.2) is 48.8 Å². The number of benzene rings is 1. The van der Waals surface area contributed by atoms with E-state index in [2.05, 4.69) is 25.1 Å². The van der Waals surface area contributed by atoms with Crippen LogP contribution >= 0.6 is 0 Å². The minimum atomic E-state index is -4.35. The normalized spacial score (nSPS) is 17.2. The fraction of sp³-hybridized carbons (Fsp3) is 0.350. The first-order valence-corrected chi connectivity index (χ1v) is 9.47. The van der Waals surface area contributed by atoms with Gasteiger partial charge < -0.3 is 14.4 Å². The number of hydrogen-bond acceptors (Lipinski definition) is 6. The lowest BCUT2D eigenvalue weighted by Gasteiger charge is -2.31. The van der Waals surface area contributed by atoms with Gasteiger partial charge in [-0.25, -0.2) is 9.97 Å². The van der Waals surface area contributed by atoms with Crippen LogP contribution in [0.1, 0.15) is 23.1 Å². The van der Waals surface area contributed by atoms with E-state index in [0.717, 1.165) is 23.5 Å². The second-order valence-electron chi connectivity index (χ2n) is 6.79. The number of nitrogens with zero attached hydrogens (tertiary/aromatic N) is 4. The van der Waals surface area contributed by atoms with Crippen molar-refractivity contribution < 1.29 is 22.6 Å². The first-order valence-electron chi connectivity index (χ1n) is 9.47. The molecule has 0 saturated carbocycles. The Morgan fingerprint density at radius 2 is 1.93 bits per heavy atom. The molecule has 1 aliphatic heterocycles. The summed E-state index contributed by atoms with van der Waals surface area (Å²) in [7, 11) is 0. The van der Waals surface area contributed by atoms with Crippen molar-refractivity contribution in [3.05, 3.63) is 65.7 Å². The topological polar surface area (TPSA) is 76.2 Å². The van der Waals surface area contributed by atoms with E-state index in [0.29, 0.717) is 44.4 Å². The van der Waals surface area contributed by atoms with E-state index in [4.69, 9.17) is 9.47 Å². The van der Waals surface area contributed by atoms with E-state index >= 15 is 0 Å². The van der Waals surface area contributed by atoms with Gasteiger partial charge in [-0.1, -0.05) is 0 Å². The van der Waals surface area contributed by atoms with Crippen LogP contribution in [0.2, 0.25) is 0 Å². The van der Waals surface area contributed by atoms with Crippen molar-refractivity contribution in [3.8, 4) is 5.75 Å². The van der Waals surface area contributed by atoms with Gasteiger partial charge in [0.2, 0.25) is 5.95 Å². The summed E-state index contributed by atoms with van der Waals surface area (Å²) in [6, 6.07) is 8.33. The lowest BCUT2D eigenvalue weighted by atomic mass is 10.2. The minimum Gasteiger partial charge on any atom is -0.493 e. The lowest BCUT2D eigenvalue weighted by Crippen LogP contribution is -2.39. The molecule has 1 aliphatic rings. The highest BCUT2D eigenvalue weighted by molar-refractivity contribution is 5.31. The number of rotatable bonds is 6. The largest absolute Gasteiger partial charge is 0.493 e. The zero-order valence-corrected chi connectivity index (χ0v) is 16.0. The molecule has 0 aliphatic carbocycles. The molecule has 4 rings (SSSR count). The van der Waals surface area contributed by atoms with Gasteiger partial charge in [-0.2, -0.15) is 18.3 Å². The number of hydrogen-bond donors (Lipinski definition) is 1. The first-order chi connectivity index (χ1) is 14.5. The summed E-state index contributed by atoms with van der Waals surface area (Å²) in [6.07, 6.45) is -0.615. The third kappa shape index (κ3) is 4.88. The number of nitrogens with one attached hydrogen (secondary N) is 1. The Bertz CT molecular complexity index is 947. The molecule has 0 spiro atoms. The molecule has 1 N–H and O–H groups in total. The van der Waals surface area contributed by atoms with Crippen LogP contribution < -0.4 is 9.64 Å². The average molecular weight is 419 g/mol. The van der Waals surface area contributed by atoms with Gasteiger partial charge in [0, 0.05) is 31.1 Å². The molecule has 1 aromatic carbocycles. The van der Waals surface area contributed by atoms with Crippen LogP contribution in [0.5, 0.6) is 5.75 Å². The molecule has 1 fully saturated rings. The number of anilines is 1. The second-order valence-corrected chi connectivity index (χ2v) is 6.79. The van der Waals surface area contributed by atoms with Gasteiger partial charge in [-0.15, -0.1) is 0 Å². The van der Waals surface area contributed by atoms with E-state index in [9.17, 15) is 13.2 Å². The zero-order chi connectivity index (χ0) is 21.0. The number of morpholine rings is 1. The maximum absolute atomic E-state index is 12.6. The van der Waals surface area contributed by atoms with Crippen molar-refractivity contribution in [1.82, 2.24) is 20.2 Å². The molecule has 3 heterocycles. The van der Waals surface area contributed by atoms with Crippen LogP contribution in [-0.2, 0) is 17.3 Å². The predicted octanol–water partition coefficient (Wildman–Crippen LogP) is 3.42. The summed E-state index contributed by atoms with van der Waals surface area (Å²) < 4.78 is 49.2. The first kappa shape index (κ1) is 20.1. The summed E-state index contributed by atoms with van der Waals surface area (Å²) in [5, 5.41) is 7.30. The summed E-state index contributed by atoms with van der Waals surface area (Å²) >= 11 is 0. The highest BCUT2D eigenvalue weighted by Crippen LogP contribution is 2.30. The Kier molecular flexibility index (Phi) is 5.84. The maximum atomic E-state index is 12.6. The van der Waals surface area contributed by atoms with Gasteiger partial charge in [0.25, 0.3) is 0 Å². The Morgan fingerprint density at radius 3 is 2.67 bits per heavy atom. The minimum absolute atomic E-state index is 0.205. The second kappa shape index (κ2) is 8.70. The molecule has 30 heavy (non-hydrogen) atoms. The summed E-state index contributed by atoms with van der Waals surface area (Å²) in [5.74, 6) is 1.04. The number of alkyl halides is 3. The van der Waals surface area contributed by atoms with Crippen molar-refractivity contribution >= 4 is 5.95 Å². The van der Waals surface area contributed by atoms with Crippen LogP contribution in [0.4, 0.5) is 19.1 Å². The molecule has 3 aromatic rings. The Labute approximate surface area is 170 Å². The molecule has 158 valence electrons. The van der Waals surface area contributed by atoms with Crippen molar-refractivity contribution in [2.45, 2.75) is 18.7 Å². The van der Waals surface area contributed by atoms with Crippen LogP contribution in [0.25, 0.3) is 0 Å². The van der Waals surface area contributed by atoms with Crippen molar-refractivity contribution in [2.75, 3.05) is 31.2 Å². The average Bonchev–Trinajstić information content (AvgIpc) is 3.23. The van der Waals surface area contributed by atoms with E-state index < -0.39 is 11.7 Å². The van der Waals surface area contributed by atoms with Gasteiger partial charge in [0.15, 0.2) is 0 Å². The van der Waals surface area contributed by atoms with Gasteiger partial charge in [-0.05, 0) is 36.4 Å². The molecule has 0 bridgehead atoms. The van der Waals surface area contributed by atoms with Gasteiger partial charge >= 0.3 is 6.18 Å². The lowest BCUT2D eigenvalue weighted by molar-refractivity contribution is -0.137. The van der Waals surface area contributed by atoms with Crippen molar-refractivity contribution in [2.24, 2.45) is 0 Å². The Hall–Kier alpha value is -3.14. The van der Waals surface area contributed by atoms with Crippen molar-refractivity contribution in [1.29, 1.82) is 0 Å². The smallest absolute Gasteiger partial charge is 0.416 e. The standard InChI is InChI=1S/C20H20F3N5O2/c21-20(22,23)14-2-4-16(5-3-14)29-10-6-15-12-17(27-26-15)18-13-28(9-11-30-18)19-24-7-1-8-25-19/h1-5,7-8,12,18H,6,9-11,13H2,(H,26,27)/t18-/m0/s1. The van der Waals surface area contributed by atoms with E-state index in [-0.39, 0.29) is 6.10 Å². The van der Waals surface area contributed by atoms with E-state index in [1.807, 2.05) is 6.07 Å². The van der Waals surface area contributed by atoms with Crippen molar-refractivity contribution in [3.63, 3.8) is 0 Å². The summed E-state index contributed by atoms with van der Waals surface area (Å²) in [6.45, 7) is 2.15. The van der Waals surface area contributed by atoms with Crippen LogP contribution in [-0.4, -0.2) is 46.5 Å². The van der Waals surface area contributed by atoms with Gasteiger partial charge in [0.05, 0.1) is 31.0 Å². The Morgan fingerprint density at radius 1 is 1.17 bits per heavy atom. The molecule has 1 saturated heterocycles. The molecule has 7 nitrogen and oxygen atoms in total. The zero-order valence-electron chi connectivity index (χ0n) is 16.0. The van der Waals surface area contributed by atoms with Crippen LogP contribution in [0.3, 0.4) is 0 Å². The quantitative estimate of drug-likeness (QED) is 0.660. The number of H-pyrrole nitrogens is 1. The third-order valence-corrected chi connectivity index (χ3v) is 4.70. The molecular formula is C20H20F3N5O2. The SMILES string of the molecule is FC(F)(F)c1ccc(OCCc2cc([C@@H]3CN(c4ncccn4)CCO3)n[nH]2)cc1. The Balaban J connectivity index is 1.30. The fourth-order valence-corrected chi connectivity index (χ4v) is 3.16. The van der Waals surface area contributed by atoms with E-state index in [1.54, 1.807) is 18.5 Å². The molecule has 2 aromatic heterocycles. The number of aromatic amines is 1. The van der Waals surface area contributed by atoms with Gasteiger partial charge in [-0.3, -0.25) is 5.10 Å². The summed E-state index contributed by atoms with van der Waals surface area (Å²) in [4.78, 5) is 10.6. The van der Waals surface area contributed by atoms with Crippen LogP contribution in [0, 0.1) is 0 Å². The number of ether oxygens (including phenoxy) is 2. The number of halogens is 3. The molecular weight excluding hydrogens is 399 g/mol. The van der Waals surface area contributed by atoms with Gasteiger partial charge in [0.1, 0.15) is 11.9 Å². The van der Waals surface area contributed by atoms with E-state index in [1.165, 1.54) is 12.1 Å². The molecule has 0 amide bonds. The maximum Gasteiger partial charge on any atom is 0.416 e. The predicted molar refractivity (Wildman–Crippen MR) is 102 cm³/mol. The molecule has 1 atom stereocenters. The highest BCUT2D eigenvalue weighted by atomic mass is 19.4. The summed E-state index contributed by atoms with van der Waals surface area (Å²) in [5.41, 5.74) is 0.934. The fourth-order valence-electron chi connectivity index (χ4n) is 3.16. The number of aromatic nitrogens is 4. The monoisotopic (exact) mass is 419 g/mol.